The Morgan fingerprint density at radius 1 is 1.08 bits per heavy atom. The quantitative estimate of drug-likeness (QED) is 0.514. The molecule has 0 spiro atoms. The van der Waals surface area contributed by atoms with E-state index < -0.39 is 23.7 Å². The zero-order valence-electron chi connectivity index (χ0n) is 14.5. The van der Waals surface area contributed by atoms with Gasteiger partial charge in [-0.3, -0.25) is 0 Å². The molecular formula is C19H17NO6. The van der Waals surface area contributed by atoms with E-state index in [2.05, 4.69) is 5.32 Å². The number of benzene rings is 2. The number of carbonyl (C=O) groups is 3. The third-order valence-corrected chi connectivity index (χ3v) is 3.81. The van der Waals surface area contributed by atoms with Crippen molar-refractivity contribution >= 4 is 34.4 Å². The molecule has 1 aliphatic rings. The fraction of sp³-hybridized carbons (Fsp3) is 0.211. The molecule has 1 saturated heterocycles. The molecule has 134 valence electrons. The molecule has 0 radical (unpaired) electrons. The molecule has 26 heavy (non-hydrogen) atoms. The lowest BCUT2D eigenvalue weighted by Crippen LogP contribution is -2.42. The van der Waals surface area contributed by atoms with Crippen LogP contribution in [0.3, 0.4) is 0 Å². The molecule has 1 fully saturated rings. The van der Waals surface area contributed by atoms with Gasteiger partial charge in [0.25, 0.3) is 5.79 Å². The van der Waals surface area contributed by atoms with Crippen molar-refractivity contribution in [3.8, 4) is 0 Å². The second-order valence-corrected chi connectivity index (χ2v) is 6.08. The van der Waals surface area contributed by atoms with E-state index >= 15 is 0 Å². The number of ether oxygens (including phenoxy) is 3. The molecule has 1 aliphatic heterocycles. The normalized spacial score (nSPS) is 15.9. The van der Waals surface area contributed by atoms with Gasteiger partial charge in [0.2, 0.25) is 0 Å². The minimum atomic E-state index is -1.32. The number of rotatable bonds is 3. The fourth-order valence-corrected chi connectivity index (χ4v) is 2.63. The number of methoxy groups -OCH3 is 1. The Bertz CT molecular complexity index is 922. The topological polar surface area (TPSA) is 90.9 Å². The molecule has 2 aromatic rings. The number of carbonyl (C=O) groups excluding carboxylic acids is 3. The van der Waals surface area contributed by atoms with E-state index in [0.717, 1.165) is 10.8 Å². The van der Waals surface area contributed by atoms with Gasteiger partial charge >= 0.3 is 17.9 Å². The first-order valence-electron chi connectivity index (χ1n) is 7.86. The summed E-state index contributed by atoms with van der Waals surface area (Å²) >= 11 is 0. The smallest absolute Gasteiger partial charge is 0.350 e. The molecule has 0 aromatic heterocycles. The van der Waals surface area contributed by atoms with E-state index in [9.17, 15) is 14.4 Å². The van der Waals surface area contributed by atoms with Gasteiger partial charge in [0, 0.05) is 25.4 Å². The van der Waals surface area contributed by atoms with Crippen LogP contribution in [0.4, 0.5) is 5.69 Å². The van der Waals surface area contributed by atoms with Crippen LogP contribution in [0.5, 0.6) is 0 Å². The summed E-state index contributed by atoms with van der Waals surface area (Å²) in [6.45, 7) is 2.93. The Labute approximate surface area is 149 Å². The van der Waals surface area contributed by atoms with Gasteiger partial charge in [0.1, 0.15) is 0 Å². The average Bonchev–Trinajstić information content (AvgIpc) is 2.59. The molecule has 0 atom stereocenters. The molecule has 0 saturated carbocycles. The molecular weight excluding hydrogens is 338 g/mol. The van der Waals surface area contributed by atoms with Crippen LogP contribution in [0.2, 0.25) is 0 Å². The average molecular weight is 355 g/mol. The first-order chi connectivity index (χ1) is 12.3. The summed E-state index contributed by atoms with van der Waals surface area (Å²) in [4.78, 5) is 36.2. The summed E-state index contributed by atoms with van der Waals surface area (Å²) in [6, 6.07) is 10.7. The third kappa shape index (κ3) is 3.23. The van der Waals surface area contributed by atoms with Crippen LogP contribution in [0, 0.1) is 0 Å². The largest absolute Gasteiger partial charge is 0.465 e. The molecule has 2 aromatic carbocycles. The number of fused-ring (bicyclic) bond motifs is 1. The van der Waals surface area contributed by atoms with Crippen molar-refractivity contribution in [2.75, 3.05) is 12.4 Å². The molecule has 0 aliphatic carbocycles. The summed E-state index contributed by atoms with van der Waals surface area (Å²) in [7, 11) is 1.28. The zero-order valence-corrected chi connectivity index (χ0v) is 14.5. The van der Waals surface area contributed by atoms with E-state index in [1.165, 1.54) is 27.2 Å². The van der Waals surface area contributed by atoms with Gasteiger partial charge in [-0.1, -0.05) is 30.3 Å². The maximum absolute atomic E-state index is 12.1. The predicted octanol–water partition coefficient (Wildman–Crippen LogP) is 2.76. The Kier molecular flexibility index (Phi) is 4.38. The van der Waals surface area contributed by atoms with Crippen molar-refractivity contribution in [2.24, 2.45) is 0 Å². The number of esters is 3. The van der Waals surface area contributed by atoms with Crippen LogP contribution in [-0.4, -0.2) is 30.8 Å². The standard InChI is InChI=1S/C19H17NO6/c1-19(2)25-17(22)14(18(23)26-19)10-20-15-12-7-5-4-6-11(12)8-9-13(15)16(21)24-3/h4-10,20H,1-3H3. The SMILES string of the molecule is COC(=O)c1ccc2ccccc2c1NC=C1C(=O)OC(C)(C)OC1=O. The van der Waals surface area contributed by atoms with E-state index in [1.54, 1.807) is 12.1 Å². The van der Waals surface area contributed by atoms with E-state index in [1.807, 2.05) is 24.3 Å². The molecule has 0 unspecified atom stereocenters. The van der Waals surface area contributed by atoms with Crippen LogP contribution < -0.4 is 5.32 Å². The minimum Gasteiger partial charge on any atom is -0.465 e. The summed E-state index contributed by atoms with van der Waals surface area (Å²) < 4.78 is 14.9. The van der Waals surface area contributed by atoms with E-state index in [4.69, 9.17) is 14.2 Å². The summed E-state index contributed by atoms with van der Waals surface area (Å²) in [5, 5.41) is 4.46. The van der Waals surface area contributed by atoms with Crippen molar-refractivity contribution in [1.82, 2.24) is 0 Å². The lowest BCUT2D eigenvalue weighted by Gasteiger charge is -2.29. The van der Waals surface area contributed by atoms with Gasteiger partial charge in [-0.15, -0.1) is 0 Å². The first-order valence-corrected chi connectivity index (χ1v) is 7.86. The summed E-state index contributed by atoms with van der Waals surface area (Å²) in [5.41, 5.74) is 0.377. The number of anilines is 1. The van der Waals surface area contributed by atoms with Gasteiger partial charge < -0.3 is 19.5 Å². The predicted molar refractivity (Wildman–Crippen MR) is 93.3 cm³/mol. The molecule has 7 nitrogen and oxygen atoms in total. The van der Waals surface area contributed by atoms with Gasteiger partial charge in [0.05, 0.1) is 18.4 Å². The van der Waals surface area contributed by atoms with Crippen LogP contribution in [0.25, 0.3) is 10.8 Å². The lowest BCUT2D eigenvalue weighted by molar-refractivity contribution is -0.222. The molecule has 3 rings (SSSR count). The molecule has 7 heteroatoms. The van der Waals surface area contributed by atoms with Gasteiger partial charge in [0.15, 0.2) is 5.57 Å². The Morgan fingerprint density at radius 2 is 1.73 bits per heavy atom. The van der Waals surface area contributed by atoms with Crippen molar-refractivity contribution in [2.45, 2.75) is 19.6 Å². The van der Waals surface area contributed by atoms with Gasteiger partial charge in [-0.2, -0.15) is 0 Å². The molecule has 1 N–H and O–H groups in total. The van der Waals surface area contributed by atoms with E-state index in [0.29, 0.717) is 5.69 Å². The highest BCUT2D eigenvalue weighted by Crippen LogP contribution is 2.29. The highest BCUT2D eigenvalue weighted by molar-refractivity contribution is 6.16. The Hall–Kier alpha value is -3.35. The maximum Gasteiger partial charge on any atom is 0.350 e. The van der Waals surface area contributed by atoms with E-state index in [-0.39, 0.29) is 11.1 Å². The highest BCUT2D eigenvalue weighted by Gasteiger charge is 2.39. The van der Waals surface area contributed by atoms with Crippen LogP contribution >= 0.6 is 0 Å². The monoisotopic (exact) mass is 355 g/mol. The Morgan fingerprint density at radius 3 is 2.38 bits per heavy atom. The second-order valence-electron chi connectivity index (χ2n) is 6.08. The third-order valence-electron chi connectivity index (χ3n) is 3.81. The first kappa shape index (κ1) is 17.5. The fourth-order valence-electron chi connectivity index (χ4n) is 2.63. The Balaban J connectivity index is 2.04. The summed E-state index contributed by atoms with van der Waals surface area (Å²) in [6.07, 6.45) is 1.17. The molecule has 0 amide bonds. The zero-order chi connectivity index (χ0) is 18.9. The molecule has 0 bridgehead atoms. The van der Waals surface area contributed by atoms with Gasteiger partial charge in [-0.25, -0.2) is 14.4 Å². The van der Waals surface area contributed by atoms with Crippen LogP contribution in [0.15, 0.2) is 48.2 Å². The molecule has 1 heterocycles. The second kappa shape index (κ2) is 6.51. The number of cyclic esters (lactones) is 2. The maximum atomic E-state index is 12.1. The van der Waals surface area contributed by atoms with Crippen molar-refractivity contribution in [1.29, 1.82) is 0 Å². The van der Waals surface area contributed by atoms with Gasteiger partial charge in [-0.05, 0) is 11.5 Å². The van der Waals surface area contributed by atoms with Crippen molar-refractivity contribution in [3.05, 3.63) is 53.7 Å². The van der Waals surface area contributed by atoms with Crippen LogP contribution in [0.1, 0.15) is 24.2 Å². The highest BCUT2D eigenvalue weighted by atomic mass is 16.7. The minimum absolute atomic E-state index is 0.265. The number of nitrogens with one attached hydrogen (secondary N) is 1. The number of hydrogen-bond acceptors (Lipinski definition) is 7. The number of hydrogen-bond donors (Lipinski definition) is 1. The van der Waals surface area contributed by atoms with Crippen molar-refractivity contribution < 1.29 is 28.6 Å². The lowest BCUT2D eigenvalue weighted by atomic mass is 10.0. The van der Waals surface area contributed by atoms with Crippen LogP contribution in [-0.2, 0) is 23.8 Å². The summed E-state index contributed by atoms with van der Waals surface area (Å²) in [5.74, 6) is -3.48. The van der Waals surface area contributed by atoms with Crippen molar-refractivity contribution in [3.63, 3.8) is 0 Å².